The van der Waals surface area contributed by atoms with Gasteiger partial charge in [0.2, 0.25) is 0 Å². The molecule has 0 bridgehead atoms. The molecule has 1 rings (SSSR count). The lowest BCUT2D eigenvalue weighted by molar-refractivity contribution is 0.141. The molecule has 20 heavy (non-hydrogen) atoms. The summed E-state index contributed by atoms with van der Waals surface area (Å²) >= 11 is 0. The second-order valence-electron chi connectivity index (χ2n) is 4.49. The number of aliphatic hydroxyl groups is 1. The van der Waals surface area contributed by atoms with Crippen LogP contribution < -0.4 is 4.90 Å². The van der Waals surface area contributed by atoms with E-state index in [9.17, 15) is 5.11 Å². The smallest absolute Gasteiger partial charge is 0.0717 e. The minimum atomic E-state index is -0.0115. The summed E-state index contributed by atoms with van der Waals surface area (Å²) in [5, 5.41) is 9.47. The van der Waals surface area contributed by atoms with Crippen molar-refractivity contribution in [3.8, 4) is 0 Å². The topological polar surface area (TPSA) is 54.8 Å². The van der Waals surface area contributed by atoms with Crippen LogP contribution in [0.25, 0.3) is 0 Å². The predicted octanol–water partition coefficient (Wildman–Crippen LogP) is 1.76. The van der Waals surface area contributed by atoms with E-state index in [-0.39, 0.29) is 6.61 Å². The normalized spacial score (nSPS) is 10.8. The standard InChI is InChI=1S/C15H26N2O3/c1-4-19-8-6-17(7-9-20-5-2)15-10-13(3)16-11-14(15)12-18/h10-11,18H,4-9,12H2,1-3H3. The first kappa shape index (κ1) is 16.9. The van der Waals surface area contributed by atoms with E-state index in [0.717, 1.165) is 30.0 Å². The van der Waals surface area contributed by atoms with Crippen molar-refractivity contribution in [3.05, 3.63) is 23.5 Å². The molecule has 0 atom stereocenters. The molecule has 1 aromatic heterocycles. The molecule has 0 spiro atoms. The summed E-state index contributed by atoms with van der Waals surface area (Å²) in [5.41, 5.74) is 2.79. The first-order chi connectivity index (χ1) is 9.72. The zero-order valence-corrected chi connectivity index (χ0v) is 12.8. The van der Waals surface area contributed by atoms with Gasteiger partial charge in [0.25, 0.3) is 0 Å². The molecule has 0 amide bonds. The molecule has 0 saturated carbocycles. The van der Waals surface area contributed by atoms with Crippen LogP contribution in [-0.2, 0) is 16.1 Å². The van der Waals surface area contributed by atoms with Crippen LogP contribution in [0, 0.1) is 6.92 Å². The summed E-state index contributed by atoms with van der Waals surface area (Å²) in [6.45, 7) is 10.2. The van der Waals surface area contributed by atoms with Crippen LogP contribution in [0.4, 0.5) is 5.69 Å². The largest absolute Gasteiger partial charge is 0.392 e. The fraction of sp³-hybridized carbons (Fsp3) is 0.667. The number of hydrogen-bond acceptors (Lipinski definition) is 5. The average Bonchev–Trinajstić information content (AvgIpc) is 2.46. The van der Waals surface area contributed by atoms with Crippen LogP contribution in [0.2, 0.25) is 0 Å². The van der Waals surface area contributed by atoms with Gasteiger partial charge in [-0.15, -0.1) is 0 Å². The molecule has 0 aliphatic carbocycles. The number of aryl methyl sites for hydroxylation is 1. The van der Waals surface area contributed by atoms with Crippen molar-refractivity contribution in [3.63, 3.8) is 0 Å². The molecular formula is C15H26N2O3. The van der Waals surface area contributed by atoms with Crippen molar-refractivity contribution in [1.29, 1.82) is 0 Å². The van der Waals surface area contributed by atoms with Crippen LogP contribution in [-0.4, -0.2) is 49.6 Å². The third-order valence-corrected chi connectivity index (χ3v) is 3.03. The molecule has 1 N–H and O–H groups in total. The molecule has 0 fully saturated rings. The van der Waals surface area contributed by atoms with Gasteiger partial charge in [0.15, 0.2) is 0 Å². The highest BCUT2D eigenvalue weighted by Gasteiger charge is 2.12. The number of aromatic nitrogens is 1. The van der Waals surface area contributed by atoms with Crippen molar-refractivity contribution in [2.24, 2.45) is 0 Å². The Labute approximate surface area is 121 Å². The van der Waals surface area contributed by atoms with Gasteiger partial charge in [-0.05, 0) is 26.8 Å². The first-order valence-electron chi connectivity index (χ1n) is 7.19. The molecule has 0 aliphatic rings. The van der Waals surface area contributed by atoms with E-state index in [1.165, 1.54) is 0 Å². The molecule has 0 aromatic carbocycles. The molecule has 5 nitrogen and oxygen atoms in total. The van der Waals surface area contributed by atoms with E-state index in [2.05, 4.69) is 9.88 Å². The number of rotatable bonds is 10. The number of aliphatic hydroxyl groups excluding tert-OH is 1. The van der Waals surface area contributed by atoms with E-state index < -0.39 is 0 Å². The molecule has 114 valence electrons. The summed E-state index contributed by atoms with van der Waals surface area (Å²) in [7, 11) is 0. The Bertz CT molecular complexity index is 375. The molecule has 0 aliphatic heterocycles. The molecule has 1 heterocycles. The molecule has 0 saturated heterocycles. The van der Waals surface area contributed by atoms with Crippen LogP contribution in [0.1, 0.15) is 25.1 Å². The number of anilines is 1. The maximum atomic E-state index is 9.47. The van der Waals surface area contributed by atoms with Crippen molar-refractivity contribution < 1.29 is 14.6 Å². The summed E-state index contributed by atoms with van der Waals surface area (Å²) in [6, 6.07) is 2.00. The number of nitrogens with zero attached hydrogens (tertiary/aromatic N) is 2. The molecular weight excluding hydrogens is 256 g/mol. The highest BCUT2D eigenvalue weighted by molar-refractivity contribution is 5.53. The Balaban J connectivity index is 2.80. The van der Waals surface area contributed by atoms with Gasteiger partial charge in [-0.1, -0.05) is 0 Å². The van der Waals surface area contributed by atoms with Gasteiger partial charge in [0.1, 0.15) is 0 Å². The zero-order valence-electron chi connectivity index (χ0n) is 12.8. The highest BCUT2D eigenvalue weighted by Crippen LogP contribution is 2.20. The van der Waals surface area contributed by atoms with Gasteiger partial charge < -0.3 is 19.5 Å². The van der Waals surface area contributed by atoms with Gasteiger partial charge >= 0.3 is 0 Å². The Morgan fingerprint density at radius 1 is 1.15 bits per heavy atom. The van der Waals surface area contributed by atoms with Crippen LogP contribution >= 0.6 is 0 Å². The minimum absolute atomic E-state index is 0.0115. The lowest BCUT2D eigenvalue weighted by Gasteiger charge is -2.26. The van der Waals surface area contributed by atoms with Crippen molar-refractivity contribution in [1.82, 2.24) is 4.98 Å². The van der Waals surface area contributed by atoms with Crippen LogP contribution in [0.3, 0.4) is 0 Å². The summed E-state index contributed by atoms with van der Waals surface area (Å²) < 4.78 is 10.9. The number of hydrogen-bond donors (Lipinski definition) is 1. The monoisotopic (exact) mass is 282 g/mol. The fourth-order valence-electron chi connectivity index (χ4n) is 1.98. The SMILES string of the molecule is CCOCCN(CCOCC)c1cc(C)ncc1CO. The van der Waals surface area contributed by atoms with Crippen molar-refractivity contribution >= 4 is 5.69 Å². The summed E-state index contributed by atoms with van der Waals surface area (Å²) in [6.07, 6.45) is 1.74. The van der Waals surface area contributed by atoms with Gasteiger partial charge in [-0.3, -0.25) is 4.98 Å². The lowest BCUT2D eigenvalue weighted by Crippen LogP contribution is -2.32. The lowest BCUT2D eigenvalue weighted by atomic mass is 10.2. The Morgan fingerprint density at radius 3 is 2.25 bits per heavy atom. The summed E-state index contributed by atoms with van der Waals surface area (Å²) in [4.78, 5) is 6.42. The van der Waals surface area contributed by atoms with Crippen molar-refractivity contribution in [2.75, 3.05) is 44.4 Å². The molecule has 5 heteroatoms. The van der Waals surface area contributed by atoms with Gasteiger partial charge in [-0.25, -0.2) is 0 Å². The average molecular weight is 282 g/mol. The third kappa shape index (κ3) is 5.45. The van der Waals surface area contributed by atoms with Gasteiger partial charge in [0, 0.05) is 49.4 Å². The quantitative estimate of drug-likeness (QED) is 0.663. The Hall–Kier alpha value is -1.17. The fourth-order valence-corrected chi connectivity index (χ4v) is 1.98. The number of pyridine rings is 1. The van der Waals surface area contributed by atoms with E-state index in [4.69, 9.17) is 9.47 Å². The summed E-state index contributed by atoms with van der Waals surface area (Å²) in [5.74, 6) is 0. The molecule has 1 aromatic rings. The first-order valence-corrected chi connectivity index (χ1v) is 7.19. The van der Waals surface area contributed by atoms with Crippen LogP contribution in [0.5, 0.6) is 0 Å². The molecule has 0 radical (unpaired) electrons. The van der Waals surface area contributed by atoms with E-state index in [1.54, 1.807) is 6.20 Å². The second-order valence-corrected chi connectivity index (χ2v) is 4.49. The maximum Gasteiger partial charge on any atom is 0.0717 e. The van der Waals surface area contributed by atoms with Gasteiger partial charge in [0.05, 0.1) is 19.8 Å². The highest BCUT2D eigenvalue weighted by atomic mass is 16.5. The van der Waals surface area contributed by atoms with E-state index in [0.29, 0.717) is 26.4 Å². The van der Waals surface area contributed by atoms with Crippen LogP contribution in [0.15, 0.2) is 12.3 Å². The van der Waals surface area contributed by atoms with E-state index >= 15 is 0 Å². The Morgan fingerprint density at radius 2 is 1.75 bits per heavy atom. The van der Waals surface area contributed by atoms with E-state index in [1.807, 2.05) is 26.8 Å². The minimum Gasteiger partial charge on any atom is -0.392 e. The van der Waals surface area contributed by atoms with Crippen molar-refractivity contribution in [2.45, 2.75) is 27.4 Å². The van der Waals surface area contributed by atoms with Gasteiger partial charge in [-0.2, -0.15) is 0 Å². The maximum absolute atomic E-state index is 9.47. The second kappa shape index (κ2) is 9.69. The zero-order chi connectivity index (χ0) is 14.8. The Kier molecular flexibility index (Phi) is 8.18. The third-order valence-electron chi connectivity index (χ3n) is 3.03. The number of ether oxygens (including phenoxy) is 2. The molecule has 0 unspecified atom stereocenters. The predicted molar refractivity (Wildman–Crippen MR) is 80.1 cm³/mol.